The Bertz CT molecular complexity index is 759. The van der Waals surface area contributed by atoms with Crippen LogP contribution in [0.3, 0.4) is 0 Å². The lowest BCUT2D eigenvalue weighted by Gasteiger charge is -2.26. The summed E-state index contributed by atoms with van der Waals surface area (Å²) in [5.41, 5.74) is 2.15. The Morgan fingerprint density at radius 3 is 2.75 bits per heavy atom. The Morgan fingerprint density at radius 1 is 1.22 bits per heavy atom. The van der Waals surface area contributed by atoms with E-state index in [1.54, 1.807) is 19.0 Å². The summed E-state index contributed by atoms with van der Waals surface area (Å²) in [6, 6.07) is 6.18. The van der Waals surface area contributed by atoms with E-state index in [9.17, 15) is 4.79 Å². The van der Waals surface area contributed by atoms with Crippen LogP contribution in [0.4, 0.5) is 0 Å². The van der Waals surface area contributed by atoms with Crippen LogP contribution in [0.5, 0.6) is 5.75 Å². The lowest BCUT2D eigenvalue weighted by molar-refractivity contribution is -0.127. The van der Waals surface area contributed by atoms with Gasteiger partial charge in [-0.3, -0.25) is 9.69 Å². The normalized spacial score (nSPS) is 19.6. The first-order valence-electron chi connectivity index (χ1n) is 11.4. The van der Waals surface area contributed by atoms with Crippen LogP contribution in [0.25, 0.3) is 0 Å². The molecular weight excluding hydrogens is 410 g/mol. The van der Waals surface area contributed by atoms with E-state index in [4.69, 9.17) is 19.2 Å². The molecule has 0 aromatic heterocycles. The fourth-order valence-electron chi connectivity index (χ4n) is 3.50. The van der Waals surface area contributed by atoms with Gasteiger partial charge in [-0.25, -0.2) is 4.99 Å². The van der Waals surface area contributed by atoms with Crippen LogP contribution >= 0.6 is 0 Å². The van der Waals surface area contributed by atoms with Crippen molar-refractivity contribution in [2.45, 2.75) is 26.0 Å². The van der Waals surface area contributed by atoms with Gasteiger partial charge >= 0.3 is 0 Å². The molecule has 9 nitrogen and oxygen atoms in total. The number of nitrogens with one attached hydrogen (secondary N) is 2. The molecule has 0 radical (unpaired) electrons. The topological polar surface area (TPSA) is 87.7 Å². The number of rotatable bonds is 9. The summed E-state index contributed by atoms with van der Waals surface area (Å²) in [7, 11) is 3.49. The highest BCUT2D eigenvalue weighted by Crippen LogP contribution is 2.24. The molecule has 32 heavy (non-hydrogen) atoms. The Hall–Kier alpha value is -2.36. The number of carbonyl (C=O) groups is 1. The zero-order valence-corrected chi connectivity index (χ0v) is 19.6. The molecule has 9 heteroatoms. The molecule has 1 aromatic carbocycles. The van der Waals surface area contributed by atoms with E-state index in [0.717, 1.165) is 69.3 Å². The van der Waals surface area contributed by atoms with Crippen LogP contribution < -0.4 is 15.4 Å². The standard InChI is InChI=1S/C23H37N5O4/c1-18-4-5-19(21(14-18)32-20-6-11-31-17-20)15-25-23(26-16-22(29)27(2)3)24-7-8-28-9-12-30-13-10-28/h4-5,14,20H,6-13,15-17H2,1-3H3,(H2,24,25,26). The van der Waals surface area contributed by atoms with Gasteiger partial charge < -0.3 is 29.7 Å². The number of guanidine groups is 1. The van der Waals surface area contributed by atoms with Gasteiger partial charge in [-0.05, 0) is 18.6 Å². The van der Waals surface area contributed by atoms with Gasteiger partial charge in [0.1, 0.15) is 11.9 Å². The summed E-state index contributed by atoms with van der Waals surface area (Å²) in [5.74, 6) is 1.46. The van der Waals surface area contributed by atoms with Crippen molar-refractivity contribution in [1.29, 1.82) is 0 Å². The maximum Gasteiger partial charge on any atom is 0.241 e. The number of nitrogens with zero attached hydrogens (tertiary/aromatic N) is 3. The molecule has 2 N–H and O–H groups in total. The number of benzene rings is 1. The van der Waals surface area contributed by atoms with Crippen molar-refractivity contribution in [3.8, 4) is 5.75 Å². The van der Waals surface area contributed by atoms with Crippen LogP contribution in [0.1, 0.15) is 17.5 Å². The molecule has 0 spiro atoms. The average Bonchev–Trinajstić information content (AvgIpc) is 3.29. The van der Waals surface area contributed by atoms with E-state index in [2.05, 4.69) is 40.7 Å². The number of aryl methyl sites for hydroxylation is 1. The minimum absolute atomic E-state index is 0.00623. The highest BCUT2D eigenvalue weighted by Gasteiger charge is 2.19. The molecule has 1 amide bonds. The molecule has 2 saturated heterocycles. The summed E-state index contributed by atoms with van der Waals surface area (Å²) in [4.78, 5) is 20.7. The van der Waals surface area contributed by atoms with Gasteiger partial charge in [-0.15, -0.1) is 0 Å². The molecule has 2 fully saturated rings. The number of aliphatic imine (C=N–C) groups is 1. The molecule has 3 rings (SSSR count). The van der Waals surface area contributed by atoms with Crippen molar-refractivity contribution < 1.29 is 19.0 Å². The van der Waals surface area contributed by atoms with E-state index >= 15 is 0 Å². The predicted molar refractivity (Wildman–Crippen MR) is 124 cm³/mol. The lowest BCUT2D eigenvalue weighted by Crippen LogP contribution is -2.46. The number of likely N-dealkylation sites (N-methyl/N-ethyl adjacent to an activating group) is 1. The summed E-state index contributed by atoms with van der Waals surface area (Å²) in [6.45, 7) is 9.12. The SMILES string of the molecule is Cc1ccc(CN=C(NCCN2CCOCC2)NCC(=O)N(C)C)c(OC2CCOC2)c1. The highest BCUT2D eigenvalue weighted by atomic mass is 16.5. The third kappa shape index (κ3) is 7.96. The Labute approximate surface area is 191 Å². The predicted octanol–water partition coefficient (Wildman–Crippen LogP) is 0.618. The molecule has 1 unspecified atom stereocenters. The van der Waals surface area contributed by atoms with Crippen LogP contribution in [0, 0.1) is 6.92 Å². The van der Waals surface area contributed by atoms with Crippen LogP contribution in [0.15, 0.2) is 23.2 Å². The first-order chi connectivity index (χ1) is 15.5. The summed E-state index contributed by atoms with van der Waals surface area (Å²) >= 11 is 0. The van der Waals surface area contributed by atoms with Crippen molar-refractivity contribution in [2.75, 3.05) is 73.2 Å². The molecule has 1 atom stereocenters. The first kappa shape index (κ1) is 24.3. The minimum atomic E-state index is -0.00623. The molecule has 0 bridgehead atoms. The molecule has 0 saturated carbocycles. The average molecular weight is 448 g/mol. The maximum absolute atomic E-state index is 12.1. The highest BCUT2D eigenvalue weighted by molar-refractivity contribution is 5.86. The van der Waals surface area contributed by atoms with Crippen molar-refractivity contribution in [3.05, 3.63) is 29.3 Å². The van der Waals surface area contributed by atoms with Crippen molar-refractivity contribution in [2.24, 2.45) is 4.99 Å². The van der Waals surface area contributed by atoms with E-state index < -0.39 is 0 Å². The van der Waals surface area contributed by atoms with Crippen molar-refractivity contribution in [3.63, 3.8) is 0 Å². The van der Waals surface area contributed by atoms with Gasteiger partial charge in [-0.2, -0.15) is 0 Å². The van der Waals surface area contributed by atoms with Crippen LogP contribution in [-0.4, -0.2) is 101 Å². The number of carbonyl (C=O) groups excluding carboxylic acids is 1. The van der Waals surface area contributed by atoms with E-state index in [1.165, 1.54) is 0 Å². The van der Waals surface area contributed by atoms with Gasteiger partial charge in [0.2, 0.25) is 5.91 Å². The zero-order valence-electron chi connectivity index (χ0n) is 19.6. The molecule has 0 aliphatic carbocycles. The Kier molecular flexibility index (Phi) is 9.58. The molecule has 2 heterocycles. The van der Waals surface area contributed by atoms with Gasteiger partial charge in [0, 0.05) is 52.3 Å². The largest absolute Gasteiger partial charge is 0.488 e. The van der Waals surface area contributed by atoms with Crippen LogP contribution in [-0.2, 0) is 20.8 Å². The third-order valence-electron chi connectivity index (χ3n) is 5.54. The van der Waals surface area contributed by atoms with E-state index in [0.29, 0.717) is 19.1 Å². The first-order valence-corrected chi connectivity index (χ1v) is 11.4. The lowest BCUT2D eigenvalue weighted by atomic mass is 10.1. The second-order valence-electron chi connectivity index (χ2n) is 8.40. The van der Waals surface area contributed by atoms with Gasteiger partial charge in [0.15, 0.2) is 5.96 Å². The van der Waals surface area contributed by atoms with E-state index in [1.807, 2.05) is 0 Å². The van der Waals surface area contributed by atoms with Crippen LogP contribution in [0.2, 0.25) is 0 Å². The van der Waals surface area contributed by atoms with Gasteiger partial charge in [-0.1, -0.05) is 12.1 Å². The second-order valence-corrected chi connectivity index (χ2v) is 8.40. The number of hydrogen-bond acceptors (Lipinski definition) is 6. The smallest absolute Gasteiger partial charge is 0.241 e. The number of ether oxygens (including phenoxy) is 3. The minimum Gasteiger partial charge on any atom is -0.488 e. The molecule has 1 aromatic rings. The Balaban J connectivity index is 1.63. The summed E-state index contributed by atoms with van der Waals surface area (Å²) in [6.07, 6.45) is 0.987. The monoisotopic (exact) mass is 447 g/mol. The van der Waals surface area contributed by atoms with Gasteiger partial charge in [0.05, 0.1) is 39.5 Å². The van der Waals surface area contributed by atoms with Crippen molar-refractivity contribution in [1.82, 2.24) is 20.4 Å². The summed E-state index contributed by atoms with van der Waals surface area (Å²) in [5, 5.41) is 6.52. The number of amides is 1. The van der Waals surface area contributed by atoms with E-state index in [-0.39, 0.29) is 18.6 Å². The molecule has 2 aliphatic rings. The zero-order chi connectivity index (χ0) is 22.8. The van der Waals surface area contributed by atoms with Crippen molar-refractivity contribution >= 4 is 11.9 Å². The fourth-order valence-corrected chi connectivity index (χ4v) is 3.50. The quantitative estimate of drug-likeness (QED) is 0.424. The number of morpholine rings is 1. The summed E-state index contributed by atoms with van der Waals surface area (Å²) < 4.78 is 17.0. The Morgan fingerprint density at radius 2 is 2.03 bits per heavy atom. The fraction of sp³-hybridized carbons (Fsp3) is 0.652. The van der Waals surface area contributed by atoms with Gasteiger partial charge in [0.25, 0.3) is 0 Å². The maximum atomic E-state index is 12.1. The third-order valence-corrected chi connectivity index (χ3v) is 5.54. The number of hydrogen-bond donors (Lipinski definition) is 2. The molecule has 178 valence electrons. The second kappa shape index (κ2) is 12.6. The molecular formula is C23H37N5O4. The molecule has 2 aliphatic heterocycles.